The number of rotatable bonds is 15. The Bertz CT molecular complexity index is 5010. The van der Waals surface area contributed by atoms with Gasteiger partial charge in [0.15, 0.2) is 21.9 Å². The molecule has 683 valence electrons. The summed E-state index contributed by atoms with van der Waals surface area (Å²) in [4.78, 5) is 107. The van der Waals surface area contributed by atoms with Crippen molar-refractivity contribution in [3.8, 4) is 0 Å². The third-order valence-corrected chi connectivity index (χ3v) is 19.9. The maximum atomic E-state index is 12.6. The second-order valence-electron chi connectivity index (χ2n) is 26.2. The van der Waals surface area contributed by atoms with Crippen LogP contribution >= 0.6 is 224 Å². The van der Waals surface area contributed by atoms with Crippen LogP contribution in [0.15, 0.2) is 191 Å². The maximum absolute atomic E-state index is 12.6. The molecule has 4 aromatic carbocycles. The average molecular weight is 2620 g/mol. The molecule has 7 aromatic heterocycles. The van der Waals surface area contributed by atoms with Crippen LogP contribution < -0.4 is 11.9 Å². The number of carbonyl (C=O) groups excluding carboxylic acids is 5. The van der Waals surface area contributed by atoms with E-state index in [9.17, 15) is 28.5 Å². The van der Waals surface area contributed by atoms with Crippen molar-refractivity contribution in [1.82, 2.24) is 78.8 Å². The van der Waals surface area contributed by atoms with Crippen LogP contribution in [0.5, 0.6) is 0 Å². The first-order chi connectivity index (χ1) is 59.1. The normalized spacial score (nSPS) is 15.0. The number of aliphatic hydroxyl groups is 1. The van der Waals surface area contributed by atoms with Gasteiger partial charge in [-0.15, -0.1) is 0 Å². The van der Waals surface area contributed by atoms with Crippen LogP contribution in [0.1, 0.15) is 143 Å². The molecule has 15 rings (SSSR count). The molecule has 0 bridgehead atoms. The topological polar surface area (TPSA) is 394 Å². The number of anilines is 1. The molecule has 11 aromatic rings. The van der Waals surface area contributed by atoms with Gasteiger partial charge >= 0.3 is 119 Å². The predicted molar refractivity (Wildman–Crippen MR) is 548 cm³/mol. The Kier molecular flexibility index (Phi) is 57.1. The number of amides is 4. The third kappa shape index (κ3) is 37.9. The number of thiol groups is 1. The molecule has 4 amide bonds. The summed E-state index contributed by atoms with van der Waals surface area (Å²) in [6, 6.07) is 37.6. The molecule has 0 saturated carbocycles. The fraction of sp³-hybridized carbons (Fsp3) is 0.354. The number of fused-ring (bicyclic) bond motifs is 3. The summed E-state index contributed by atoms with van der Waals surface area (Å²) in [6.07, 6.45) is 20.8. The number of alkyl halides is 2. The number of imidazole rings is 3. The average Bonchev–Trinajstić information content (AvgIpc) is 1.62. The van der Waals surface area contributed by atoms with E-state index in [1.54, 1.807) is 65.7 Å². The number of nitrogens with zero attached hydrogens (tertiary/aromatic N) is 16. The summed E-state index contributed by atoms with van der Waals surface area (Å²) >= 11 is 53.9. The number of nitrogen functional groups attached to an aromatic ring is 1. The Balaban J connectivity index is 0.000000401. The van der Waals surface area contributed by atoms with Crippen LogP contribution in [0.4, 0.5) is 25.0 Å². The number of aryl methyl sites for hydroxylation is 1. The van der Waals surface area contributed by atoms with Gasteiger partial charge in [0.05, 0.1) is 36.1 Å². The Morgan fingerprint density at radius 1 is 0.548 bits per heavy atom. The Hall–Kier alpha value is -4.37. The van der Waals surface area contributed by atoms with Gasteiger partial charge < -0.3 is 41.4 Å². The van der Waals surface area contributed by atoms with E-state index in [0.717, 1.165) is 90.2 Å². The standard InChI is InChI=1S/C19H20ClN3O3.C18H16BrClN4O2.C18H18BrN5O2.C18H17ClN4O2.C3H8O.2CH3I.CH4.BHNS.Cl3OP.3HI.H3N.H2O.V/c20-18-15(21-10-11-22-18)8-9-17(24)16-7-4-12-23(16)19(25)26-13-14-5-2-1-3-6-14;2*19-15-14-16(20)21-8-10-24(14)17(22-15)13-7-4-9-23(13)18(25)26-11-12-5-2-1-3-6-12;19-16-15-11-21-17(22(15)10-8-20-16)14-7-4-9-23(14)18(24)25-12-13-5-2-1-3-6-13;1-3(2)4;2*1-2;;1-2-3;1-5(2,3)4;;;;;;/h1-3,5-6,10-11,16H,4,7-9,12-13H2;1-3,5-6,8,10,13H,4,7,9,11H2;1-3,5-6,8,10,13H,4,7,9,11H2,(H2,20,21);1-3,5-6,8,10-11,14H,4,7,9,12H2;3-4H,1-2H3;2*1H3;1H4;3H;;3*1H;1H3;1H2;/q;;;;;;;;;;;;;;;+3/p-3/t16-;2*13-;14-;;;;;;;;;;;;/m0000............/s1. The number of halogens is 13. The van der Waals surface area contributed by atoms with Gasteiger partial charge in [0, 0.05) is 88.3 Å². The number of aliphatic hydroxyl groups excluding tert-OH is 1. The van der Waals surface area contributed by atoms with E-state index < -0.39 is 17.3 Å². The van der Waals surface area contributed by atoms with Gasteiger partial charge in [0.25, 0.3) is 0 Å². The van der Waals surface area contributed by atoms with Gasteiger partial charge in [0.1, 0.15) is 74.8 Å². The molecule has 0 spiro atoms. The molecule has 4 saturated heterocycles. The van der Waals surface area contributed by atoms with Crippen LogP contribution in [-0.2, 0) is 66.1 Å². The Labute approximate surface area is 850 Å². The summed E-state index contributed by atoms with van der Waals surface area (Å²) in [6.45, 7) is 6.90. The van der Waals surface area contributed by atoms with E-state index in [-0.39, 0.29) is 105 Å². The van der Waals surface area contributed by atoms with Crippen LogP contribution in [-0.4, -0.2) is 169 Å². The summed E-state index contributed by atoms with van der Waals surface area (Å²) in [5, 5.41) is 5.91. The van der Waals surface area contributed by atoms with Crippen molar-refractivity contribution in [3.63, 3.8) is 0 Å². The van der Waals surface area contributed by atoms with Crippen molar-refractivity contribution in [1.29, 1.82) is 0 Å². The molecular weight excluding hydrogens is 2520 g/mol. The van der Waals surface area contributed by atoms with Crippen LogP contribution in [0.3, 0.4) is 0 Å². The summed E-state index contributed by atoms with van der Waals surface area (Å²) in [7, 11) is 4.34. The van der Waals surface area contributed by atoms with E-state index >= 15 is 0 Å². The van der Waals surface area contributed by atoms with Gasteiger partial charge in [-0.05, 0) is 169 Å². The van der Waals surface area contributed by atoms with Crippen molar-refractivity contribution >= 4 is 284 Å². The van der Waals surface area contributed by atoms with Crippen LogP contribution in [0.2, 0.25) is 15.5 Å². The van der Waals surface area contributed by atoms with Crippen molar-refractivity contribution in [2.45, 2.75) is 142 Å². The molecule has 11 heterocycles. The number of ketones is 1. The summed E-state index contributed by atoms with van der Waals surface area (Å²) in [5.41, 5.74) is 12.5. The van der Waals surface area contributed by atoms with E-state index in [1.807, 2.05) is 157 Å². The van der Waals surface area contributed by atoms with Gasteiger partial charge in [0.2, 0.25) is 0 Å². The Morgan fingerprint density at radius 2 is 0.865 bits per heavy atom. The fourth-order valence-electron chi connectivity index (χ4n) is 12.9. The van der Waals surface area contributed by atoms with E-state index in [0.29, 0.717) is 86.2 Å². The minimum atomic E-state index is -3.22. The first-order valence-corrected chi connectivity index (χ1v) is 62.7. The number of hydrogen-bond donors (Lipinski definition) is 4. The number of benzene rings is 4. The molecular formula is C79H95BBr2Cl6I5N18O12PSV. The zero-order valence-electron chi connectivity index (χ0n) is 67.7. The number of aromatic nitrogens is 11. The molecule has 30 nitrogen and oxygen atoms in total. The molecule has 8 N–H and O–H groups in total. The molecule has 4 fully saturated rings. The van der Waals surface area contributed by atoms with E-state index in [2.05, 4.69) is 235 Å². The van der Waals surface area contributed by atoms with Crippen LogP contribution in [0.25, 0.3) is 16.6 Å². The number of Topliss-reactive ketones (excluding diaryl/α,β-unsaturated/α-hetero) is 1. The quantitative estimate of drug-likeness (QED) is 0.0185. The second kappa shape index (κ2) is 62.2. The van der Waals surface area contributed by atoms with E-state index in [1.165, 1.54) is 11.1 Å². The molecule has 0 unspecified atom stereocenters. The monoisotopic (exact) mass is 2610 g/mol. The molecule has 126 heavy (non-hydrogen) atoms. The van der Waals surface area contributed by atoms with E-state index in [4.69, 9.17) is 64.6 Å². The number of ether oxygens (including phenoxy) is 4. The fourth-order valence-corrected chi connectivity index (χ4v) is 14.8. The third-order valence-electron chi connectivity index (χ3n) is 17.9. The first kappa shape index (κ1) is 116. The van der Waals surface area contributed by atoms with Crippen molar-refractivity contribution in [2.75, 3.05) is 41.8 Å². The van der Waals surface area contributed by atoms with Gasteiger partial charge in [-0.2, -0.15) is 0 Å². The number of nitrogens with two attached hydrogens (primary N) is 1. The molecule has 1 radical (unpaired) electrons. The summed E-state index contributed by atoms with van der Waals surface area (Å²) < 4.78 is 41.0. The molecule has 4 aliphatic rings. The zero-order chi connectivity index (χ0) is 90.1. The second-order valence-corrected chi connectivity index (χ2v) is 71.0. The van der Waals surface area contributed by atoms with Gasteiger partial charge in [-0.3, -0.25) is 47.1 Å². The SMILES string of the molecule is C.CC(C)O.CI.CI.N.Nc1nccn2c([C@@H]3CCCN3C(=O)OCc3ccccc3)nc(Br)c12.O.O=C(CCc1nccnc1Cl)[C@@H]1CCCN1C(=O)OCc1ccccc1.O=C(OCc1ccccc1)N1CCC[C@H]1c1nc(Br)c2c(Cl)nccn12.O=C(OCc1ccccc1)N1CCC[C@H]1c1ncc2c(Cl)nccn12.O=P(Cl)(Cl)Cl.[B]=NS.[I][V]([I])[I]. The zero-order valence-corrected chi connectivity index (χ0v) is 89.3. The van der Waals surface area contributed by atoms with Crippen molar-refractivity contribution in [2.24, 2.45) is 4.30 Å². The van der Waals surface area contributed by atoms with Crippen molar-refractivity contribution < 1.29 is 63.0 Å². The Morgan fingerprint density at radius 3 is 1.26 bits per heavy atom. The number of hydrogen-bond acceptors (Lipinski definition) is 23. The summed E-state index contributed by atoms with van der Waals surface area (Å²) in [5.74, 6) is 2.70. The van der Waals surface area contributed by atoms with Gasteiger partial charge in [-0.25, -0.2) is 54.1 Å². The van der Waals surface area contributed by atoms with Crippen molar-refractivity contribution in [3.05, 3.63) is 247 Å². The molecule has 0 aliphatic carbocycles. The molecule has 47 heteroatoms. The number of likely N-dealkylation sites (tertiary alicyclic amines) is 4. The van der Waals surface area contributed by atoms with Crippen LogP contribution in [0, 0.1) is 0 Å². The number of carbonyl (C=O) groups is 5. The molecule has 4 aliphatic heterocycles. The first-order valence-electron chi connectivity index (χ1n) is 37.3. The minimum absolute atomic E-state index is 0. The predicted octanol–water partition coefficient (Wildman–Crippen LogP) is 23.6. The van der Waals surface area contributed by atoms with Gasteiger partial charge in [-0.1, -0.05) is 209 Å². The molecule has 4 atom stereocenters.